The van der Waals surface area contributed by atoms with Crippen LogP contribution in [-0.2, 0) is 9.84 Å². The van der Waals surface area contributed by atoms with Crippen LogP contribution in [0.25, 0.3) is 0 Å². The molecule has 2 heterocycles. The number of nitrogens with one attached hydrogen (secondary N) is 1. The summed E-state index contributed by atoms with van der Waals surface area (Å²) >= 11 is 5.80. The van der Waals surface area contributed by atoms with Gasteiger partial charge in [0.2, 0.25) is 0 Å². The number of halogens is 1. The Morgan fingerprint density at radius 3 is 2.56 bits per heavy atom. The second kappa shape index (κ2) is 3.86. The summed E-state index contributed by atoms with van der Waals surface area (Å²) in [6.45, 7) is 0. The van der Waals surface area contributed by atoms with Gasteiger partial charge in [-0.25, -0.2) is 13.2 Å². The fraction of sp³-hybridized carbons (Fsp3) is 0.364. The van der Waals surface area contributed by atoms with E-state index >= 15 is 0 Å². The number of carbonyl (C=O) groups is 1. The fourth-order valence-corrected chi connectivity index (χ4v) is 4.53. The molecule has 2 aliphatic heterocycles. The van der Waals surface area contributed by atoms with E-state index in [1.807, 2.05) is 0 Å². The molecule has 96 valence electrons. The summed E-state index contributed by atoms with van der Waals surface area (Å²) in [6.07, 6.45) is 0. The van der Waals surface area contributed by atoms with E-state index in [4.69, 9.17) is 11.6 Å². The highest BCUT2D eigenvalue weighted by Crippen LogP contribution is 2.30. The van der Waals surface area contributed by atoms with Crippen LogP contribution in [0.15, 0.2) is 24.3 Å². The van der Waals surface area contributed by atoms with Gasteiger partial charge in [0, 0.05) is 10.7 Å². The summed E-state index contributed by atoms with van der Waals surface area (Å²) < 4.78 is 23.2. The standard InChI is InChI=1S/C11H11ClN2O3S/c12-7-1-3-8(4-2-7)14-10-6-18(16,17)5-9(10)13-11(14)15/h1-4,9-10H,5-6H2,(H,13,15)/t9-,10-/m1/s1. The van der Waals surface area contributed by atoms with Crippen LogP contribution in [0.1, 0.15) is 0 Å². The van der Waals surface area contributed by atoms with Crippen LogP contribution in [0.2, 0.25) is 5.02 Å². The van der Waals surface area contributed by atoms with E-state index in [0.29, 0.717) is 10.7 Å². The Kier molecular flexibility index (Phi) is 2.53. The third-order valence-corrected chi connectivity index (χ3v) is 5.26. The first kappa shape index (κ1) is 11.8. The number of benzene rings is 1. The van der Waals surface area contributed by atoms with Crippen molar-refractivity contribution in [1.29, 1.82) is 0 Å². The topological polar surface area (TPSA) is 66.5 Å². The average molecular weight is 287 g/mol. The maximum atomic E-state index is 11.9. The number of hydrogen-bond acceptors (Lipinski definition) is 3. The summed E-state index contributed by atoms with van der Waals surface area (Å²) in [5.74, 6) is 0.0343. The average Bonchev–Trinajstić information content (AvgIpc) is 2.70. The maximum Gasteiger partial charge on any atom is 0.322 e. The summed E-state index contributed by atoms with van der Waals surface area (Å²) in [5.41, 5.74) is 0.668. The fourth-order valence-electron chi connectivity index (χ4n) is 2.51. The highest BCUT2D eigenvalue weighted by molar-refractivity contribution is 7.91. The first-order chi connectivity index (χ1) is 8.46. The summed E-state index contributed by atoms with van der Waals surface area (Å²) in [6, 6.07) is 5.93. The van der Waals surface area contributed by atoms with E-state index in [1.54, 1.807) is 24.3 Å². The number of amides is 2. The first-order valence-corrected chi connectivity index (χ1v) is 7.72. The lowest BCUT2D eigenvalue weighted by atomic mass is 10.1. The summed E-state index contributed by atoms with van der Waals surface area (Å²) in [5, 5.41) is 3.29. The van der Waals surface area contributed by atoms with Gasteiger partial charge in [-0.3, -0.25) is 4.90 Å². The Morgan fingerprint density at radius 2 is 1.89 bits per heavy atom. The zero-order valence-electron chi connectivity index (χ0n) is 9.34. The van der Waals surface area contributed by atoms with Crippen molar-refractivity contribution in [3.63, 3.8) is 0 Å². The number of hydrogen-bond donors (Lipinski definition) is 1. The van der Waals surface area contributed by atoms with Gasteiger partial charge in [0.05, 0.1) is 23.6 Å². The molecule has 0 unspecified atom stereocenters. The smallest absolute Gasteiger partial charge is 0.322 e. The predicted octanol–water partition coefficient (Wildman–Crippen LogP) is 1.04. The van der Waals surface area contributed by atoms with E-state index in [9.17, 15) is 13.2 Å². The molecule has 0 aliphatic carbocycles. The molecule has 2 fully saturated rings. The molecule has 0 bridgehead atoms. The molecule has 2 amide bonds. The van der Waals surface area contributed by atoms with Crippen LogP contribution in [0, 0.1) is 0 Å². The van der Waals surface area contributed by atoms with Crippen LogP contribution >= 0.6 is 11.6 Å². The largest absolute Gasteiger partial charge is 0.332 e. The van der Waals surface area contributed by atoms with Gasteiger partial charge in [-0.05, 0) is 24.3 Å². The molecule has 18 heavy (non-hydrogen) atoms. The molecule has 2 atom stereocenters. The van der Waals surface area contributed by atoms with Crippen LogP contribution < -0.4 is 10.2 Å². The Hall–Kier alpha value is -1.27. The number of urea groups is 1. The normalized spacial score (nSPS) is 29.2. The van der Waals surface area contributed by atoms with Gasteiger partial charge in [0.1, 0.15) is 0 Å². The molecule has 0 aromatic heterocycles. The lowest BCUT2D eigenvalue weighted by molar-refractivity contribution is 0.251. The zero-order chi connectivity index (χ0) is 12.9. The number of nitrogens with zero attached hydrogens (tertiary/aromatic N) is 1. The molecule has 1 aromatic rings. The van der Waals surface area contributed by atoms with Gasteiger partial charge in [-0.15, -0.1) is 0 Å². The van der Waals surface area contributed by atoms with E-state index in [0.717, 1.165) is 0 Å². The SMILES string of the molecule is O=C1N[C@@H]2CS(=O)(=O)C[C@H]2N1c1ccc(Cl)cc1. The second-order valence-corrected chi connectivity index (χ2v) is 7.14. The number of fused-ring (bicyclic) bond motifs is 1. The molecular formula is C11H11ClN2O3S. The van der Waals surface area contributed by atoms with Crippen molar-refractivity contribution in [2.24, 2.45) is 0 Å². The van der Waals surface area contributed by atoms with Gasteiger partial charge < -0.3 is 5.32 Å². The first-order valence-electron chi connectivity index (χ1n) is 5.52. The lowest BCUT2D eigenvalue weighted by Gasteiger charge is -2.21. The molecular weight excluding hydrogens is 276 g/mol. The van der Waals surface area contributed by atoms with Gasteiger partial charge in [-0.1, -0.05) is 11.6 Å². The van der Waals surface area contributed by atoms with Crippen molar-refractivity contribution >= 4 is 33.2 Å². The Morgan fingerprint density at radius 1 is 1.22 bits per heavy atom. The molecule has 3 rings (SSSR count). The van der Waals surface area contributed by atoms with E-state index in [-0.39, 0.29) is 29.6 Å². The Labute approximate surface area is 110 Å². The molecule has 0 spiro atoms. The van der Waals surface area contributed by atoms with Gasteiger partial charge in [-0.2, -0.15) is 0 Å². The number of carbonyl (C=O) groups excluding carboxylic acids is 1. The number of sulfone groups is 1. The molecule has 2 aliphatic rings. The van der Waals surface area contributed by atoms with Crippen LogP contribution in [0.4, 0.5) is 10.5 Å². The third-order valence-electron chi connectivity index (χ3n) is 3.29. The van der Waals surface area contributed by atoms with E-state index in [2.05, 4.69) is 5.32 Å². The van der Waals surface area contributed by atoms with Crippen LogP contribution in [0.5, 0.6) is 0 Å². The van der Waals surface area contributed by atoms with Gasteiger partial charge >= 0.3 is 6.03 Å². The van der Waals surface area contributed by atoms with Crippen molar-refractivity contribution in [2.75, 3.05) is 16.4 Å². The summed E-state index contributed by atoms with van der Waals surface area (Å²) in [4.78, 5) is 13.4. The van der Waals surface area contributed by atoms with E-state index < -0.39 is 9.84 Å². The molecule has 7 heteroatoms. The molecule has 0 radical (unpaired) electrons. The highest BCUT2D eigenvalue weighted by Gasteiger charge is 2.49. The van der Waals surface area contributed by atoms with Crippen molar-refractivity contribution in [1.82, 2.24) is 5.32 Å². The zero-order valence-corrected chi connectivity index (χ0v) is 10.9. The Balaban J connectivity index is 1.96. The van der Waals surface area contributed by atoms with Gasteiger partial charge in [0.25, 0.3) is 0 Å². The molecule has 2 saturated heterocycles. The molecule has 1 N–H and O–H groups in total. The van der Waals surface area contributed by atoms with Crippen molar-refractivity contribution in [3.8, 4) is 0 Å². The maximum absolute atomic E-state index is 11.9. The monoisotopic (exact) mass is 286 g/mol. The molecule has 5 nitrogen and oxygen atoms in total. The minimum atomic E-state index is -3.06. The van der Waals surface area contributed by atoms with Crippen molar-refractivity contribution in [2.45, 2.75) is 12.1 Å². The third kappa shape index (κ3) is 1.85. The molecule has 0 saturated carbocycles. The minimum absolute atomic E-state index is 0.0129. The predicted molar refractivity (Wildman–Crippen MR) is 68.7 cm³/mol. The summed E-state index contributed by atoms with van der Waals surface area (Å²) in [7, 11) is -3.06. The number of anilines is 1. The Bertz CT molecular complexity index is 599. The van der Waals surface area contributed by atoms with Crippen molar-refractivity contribution in [3.05, 3.63) is 29.3 Å². The van der Waals surface area contributed by atoms with Gasteiger partial charge in [0.15, 0.2) is 9.84 Å². The number of rotatable bonds is 1. The van der Waals surface area contributed by atoms with Crippen molar-refractivity contribution < 1.29 is 13.2 Å². The highest BCUT2D eigenvalue weighted by atomic mass is 35.5. The second-order valence-electron chi connectivity index (χ2n) is 4.55. The van der Waals surface area contributed by atoms with E-state index in [1.165, 1.54) is 4.90 Å². The molecule has 1 aromatic carbocycles. The van der Waals surface area contributed by atoms with Crippen LogP contribution in [0.3, 0.4) is 0 Å². The minimum Gasteiger partial charge on any atom is -0.332 e. The lowest BCUT2D eigenvalue weighted by Crippen LogP contribution is -2.36. The quantitative estimate of drug-likeness (QED) is 0.784. The van der Waals surface area contributed by atoms with Crippen LogP contribution in [-0.4, -0.2) is 38.0 Å².